The molecule has 0 aliphatic rings. The lowest BCUT2D eigenvalue weighted by atomic mass is 10.1. The summed E-state index contributed by atoms with van der Waals surface area (Å²) in [6, 6.07) is 14.4. The first-order valence-corrected chi connectivity index (χ1v) is 7.99. The molecule has 0 bridgehead atoms. The maximum absolute atomic E-state index is 13.1. The van der Waals surface area contributed by atoms with E-state index < -0.39 is 18.4 Å². The summed E-state index contributed by atoms with van der Waals surface area (Å²) >= 11 is 0. The number of amides is 1. The van der Waals surface area contributed by atoms with Crippen LogP contribution in [0.1, 0.15) is 21.8 Å². The Morgan fingerprint density at radius 2 is 1.85 bits per heavy atom. The van der Waals surface area contributed by atoms with Crippen molar-refractivity contribution in [2.45, 2.75) is 13.5 Å². The predicted molar refractivity (Wildman–Crippen MR) is 93.3 cm³/mol. The van der Waals surface area contributed by atoms with E-state index in [9.17, 15) is 14.7 Å². The van der Waals surface area contributed by atoms with Crippen molar-refractivity contribution in [3.8, 4) is 11.3 Å². The number of hydrogen-bond acceptors (Lipinski definition) is 5. The minimum atomic E-state index is -1.11. The first-order chi connectivity index (χ1) is 12.6. The van der Waals surface area contributed by atoms with Crippen molar-refractivity contribution < 1.29 is 19.2 Å². The summed E-state index contributed by atoms with van der Waals surface area (Å²) in [5.74, 6) is -1.23. The molecule has 7 heteroatoms. The number of carboxylic acid groups (broad SMARTS) is 1. The second-order valence-corrected chi connectivity index (χ2v) is 5.70. The quantitative estimate of drug-likeness (QED) is 0.733. The molecule has 2 heterocycles. The smallest absolute Gasteiger partial charge is 0.323 e. The van der Waals surface area contributed by atoms with Crippen LogP contribution in [-0.4, -0.2) is 38.6 Å². The van der Waals surface area contributed by atoms with Gasteiger partial charge in [0.1, 0.15) is 23.6 Å². The average Bonchev–Trinajstić information content (AvgIpc) is 3.03. The van der Waals surface area contributed by atoms with Gasteiger partial charge in [-0.1, -0.05) is 41.6 Å². The third-order valence-electron chi connectivity index (χ3n) is 3.82. The van der Waals surface area contributed by atoms with Crippen LogP contribution in [0.3, 0.4) is 0 Å². The van der Waals surface area contributed by atoms with E-state index in [0.29, 0.717) is 17.1 Å². The molecule has 26 heavy (non-hydrogen) atoms. The third kappa shape index (κ3) is 3.77. The van der Waals surface area contributed by atoms with Crippen LogP contribution in [0.5, 0.6) is 0 Å². The predicted octanol–water partition coefficient (Wildman–Crippen LogP) is 2.77. The van der Waals surface area contributed by atoms with Gasteiger partial charge in [-0.2, -0.15) is 0 Å². The van der Waals surface area contributed by atoms with Crippen LogP contribution in [0.15, 0.2) is 59.3 Å². The molecule has 2 aromatic heterocycles. The van der Waals surface area contributed by atoms with Gasteiger partial charge in [-0.25, -0.2) is 0 Å². The molecule has 0 aliphatic carbocycles. The summed E-state index contributed by atoms with van der Waals surface area (Å²) in [6.07, 6.45) is 1.60. The van der Waals surface area contributed by atoms with Gasteiger partial charge in [0.15, 0.2) is 0 Å². The topological polar surface area (TPSA) is 96.5 Å². The summed E-state index contributed by atoms with van der Waals surface area (Å²) in [6.45, 7) is 1.26. The Balaban J connectivity index is 1.97. The van der Waals surface area contributed by atoms with Crippen LogP contribution in [0.4, 0.5) is 0 Å². The zero-order valence-corrected chi connectivity index (χ0v) is 14.1. The SMILES string of the molecule is Cc1onc(-c2ccccc2)c1C(=O)N(CC(=O)O)Cc1ccccn1. The van der Waals surface area contributed by atoms with Crippen molar-refractivity contribution in [2.75, 3.05) is 6.54 Å². The van der Waals surface area contributed by atoms with Crippen molar-refractivity contribution in [1.82, 2.24) is 15.0 Å². The van der Waals surface area contributed by atoms with Crippen LogP contribution >= 0.6 is 0 Å². The van der Waals surface area contributed by atoms with E-state index in [1.807, 2.05) is 30.3 Å². The lowest BCUT2D eigenvalue weighted by Gasteiger charge is -2.20. The normalized spacial score (nSPS) is 10.5. The summed E-state index contributed by atoms with van der Waals surface area (Å²) in [4.78, 5) is 29.7. The van der Waals surface area contributed by atoms with Crippen LogP contribution in [0, 0.1) is 6.92 Å². The van der Waals surface area contributed by atoms with Crippen LogP contribution in [0.2, 0.25) is 0 Å². The summed E-state index contributed by atoms with van der Waals surface area (Å²) < 4.78 is 5.22. The van der Waals surface area contributed by atoms with Gasteiger partial charge in [0, 0.05) is 11.8 Å². The van der Waals surface area contributed by atoms with Crippen molar-refractivity contribution in [1.29, 1.82) is 0 Å². The number of benzene rings is 1. The third-order valence-corrected chi connectivity index (χ3v) is 3.82. The van der Waals surface area contributed by atoms with Crippen LogP contribution in [0.25, 0.3) is 11.3 Å². The molecular weight excluding hydrogens is 334 g/mol. The lowest BCUT2D eigenvalue weighted by Crippen LogP contribution is -2.35. The number of aliphatic carboxylic acids is 1. The number of aromatic nitrogens is 2. The van der Waals surface area contributed by atoms with Crippen molar-refractivity contribution in [2.24, 2.45) is 0 Å². The molecule has 0 radical (unpaired) electrons. The van der Waals surface area contributed by atoms with Crippen molar-refractivity contribution in [3.05, 3.63) is 71.7 Å². The van der Waals surface area contributed by atoms with Crippen molar-refractivity contribution in [3.63, 3.8) is 0 Å². The number of carbonyl (C=O) groups is 2. The monoisotopic (exact) mass is 351 g/mol. The van der Waals surface area contributed by atoms with Gasteiger partial charge in [0.25, 0.3) is 5.91 Å². The Morgan fingerprint density at radius 1 is 1.12 bits per heavy atom. The average molecular weight is 351 g/mol. The molecule has 132 valence electrons. The van der Waals surface area contributed by atoms with Gasteiger partial charge in [-0.15, -0.1) is 0 Å². The highest BCUT2D eigenvalue weighted by molar-refractivity contribution is 6.01. The van der Waals surface area contributed by atoms with Crippen molar-refractivity contribution >= 4 is 11.9 Å². The first kappa shape index (κ1) is 17.3. The largest absolute Gasteiger partial charge is 0.480 e. The molecular formula is C19H17N3O4. The molecule has 0 saturated heterocycles. The van der Waals surface area contributed by atoms with E-state index in [4.69, 9.17) is 4.52 Å². The van der Waals surface area contributed by atoms with Gasteiger partial charge in [0.05, 0.1) is 12.2 Å². The molecule has 0 spiro atoms. The molecule has 1 aromatic carbocycles. The van der Waals surface area contributed by atoms with E-state index in [2.05, 4.69) is 10.1 Å². The van der Waals surface area contributed by atoms with E-state index in [-0.39, 0.29) is 12.1 Å². The number of carboxylic acids is 1. The summed E-state index contributed by atoms with van der Waals surface area (Å²) in [5, 5.41) is 13.2. The Bertz CT molecular complexity index is 907. The maximum atomic E-state index is 13.1. The van der Waals surface area contributed by atoms with E-state index in [0.717, 1.165) is 5.56 Å². The number of aryl methyl sites for hydroxylation is 1. The molecule has 0 unspecified atom stereocenters. The highest BCUT2D eigenvalue weighted by Crippen LogP contribution is 2.26. The molecule has 3 rings (SSSR count). The Hall–Kier alpha value is -3.48. The zero-order chi connectivity index (χ0) is 18.5. The second kappa shape index (κ2) is 7.60. The van der Waals surface area contributed by atoms with E-state index in [1.54, 1.807) is 31.3 Å². The zero-order valence-electron chi connectivity index (χ0n) is 14.1. The molecule has 0 saturated carbocycles. The van der Waals surface area contributed by atoms with Crippen LogP contribution < -0.4 is 0 Å². The number of carbonyl (C=O) groups excluding carboxylic acids is 1. The van der Waals surface area contributed by atoms with Gasteiger partial charge in [-0.05, 0) is 19.1 Å². The number of rotatable bonds is 6. The van der Waals surface area contributed by atoms with Gasteiger partial charge < -0.3 is 14.5 Å². The molecule has 7 nitrogen and oxygen atoms in total. The van der Waals surface area contributed by atoms with E-state index in [1.165, 1.54) is 4.90 Å². The van der Waals surface area contributed by atoms with Gasteiger partial charge in [0.2, 0.25) is 0 Å². The number of nitrogens with zero attached hydrogens (tertiary/aromatic N) is 3. The molecule has 0 fully saturated rings. The summed E-state index contributed by atoms with van der Waals surface area (Å²) in [7, 11) is 0. The molecule has 0 atom stereocenters. The highest BCUT2D eigenvalue weighted by Gasteiger charge is 2.27. The molecule has 0 aliphatic heterocycles. The Labute approximate surface area is 149 Å². The minimum absolute atomic E-state index is 0.0742. The minimum Gasteiger partial charge on any atom is -0.480 e. The summed E-state index contributed by atoms with van der Waals surface area (Å²) in [5.41, 5.74) is 1.97. The van der Waals surface area contributed by atoms with E-state index >= 15 is 0 Å². The lowest BCUT2D eigenvalue weighted by molar-refractivity contribution is -0.137. The Kier molecular flexibility index (Phi) is 5.07. The van der Waals surface area contributed by atoms with Crippen LogP contribution in [-0.2, 0) is 11.3 Å². The number of pyridine rings is 1. The fourth-order valence-electron chi connectivity index (χ4n) is 2.63. The second-order valence-electron chi connectivity index (χ2n) is 5.70. The standard InChI is InChI=1S/C19H17N3O4/c1-13-17(18(21-26-13)14-7-3-2-4-8-14)19(25)22(12-16(23)24)11-15-9-5-6-10-20-15/h2-10H,11-12H2,1H3,(H,23,24). The molecule has 1 amide bonds. The first-order valence-electron chi connectivity index (χ1n) is 7.99. The number of hydrogen-bond donors (Lipinski definition) is 1. The van der Waals surface area contributed by atoms with Gasteiger partial charge >= 0.3 is 5.97 Å². The highest BCUT2D eigenvalue weighted by atomic mass is 16.5. The fraction of sp³-hybridized carbons (Fsp3) is 0.158. The molecule has 3 aromatic rings. The van der Waals surface area contributed by atoms with Gasteiger partial charge in [-0.3, -0.25) is 14.6 Å². The fourth-order valence-corrected chi connectivity index (χ4v) is 2.63. The molecule has 1 N–H and O–H groups in total. The maximum Gasteiger partial charge on any atom is 0.323 e. The Morgan fingerprint density at radius 3 is 2.50 bits per heavy atom.